The average Bonchev–Trinajstić information content (AvgIpc) is 2.27. The van der Waals surface area contributed by atoms with Crippen LogP contribution in [0.4, 0.5) is 0 Å². The number of piperidine rings is 1. The maximum Gasteiger partial charge on any atom is 0.222 e. The summed E-state index contributed by atoms with van der Waals surface area (Å²) < 4.78 is 5.48. The summed E-state index contributed by atoms with van der Waals surface area (Å²) in [6.45, 7) is 4.02. The first kappa shape index (κ1) is 12.6. The zero-order valence-corrected chi connectivity index (χ0v) is 10.5. The van der Waals surface area contributed by atoms with E-state index < -0.39 is 0 Å². The number of rotatable bonds is 4. The molecule has 96 valence electrons. The Labute approximate surface area is 102 Å². The first-order chi connectivity index (χ1) is 8.19. The number of amides is 1. The van der Waals surface area contributed by atoms with Crippen LogP contribution in [-0.4, -0.2) is 42.4 Å². The van der Waals surface area contributed by atoms with Gasteiger partial charge in [-0.05, 0) is 25.7 Å². The molecule has 0 bridgehead atoms. The normalized spacial score (nSPS) is 29.0. The van der Waals surface area contributed by atoms with E-state index in [9.17, 15) is 9.59 Å². The highest BCUT2D eigenvalue weighted by atomic mass is 16.5. The molecule has 1 saturated carbocycles. The highest BCUT2D eigenvalue weighted by Gasteiger charge is 2.32. The van der Waals surface area contributed by atoms with Crippen molar-refractivity contribution in [2.24, 2.45) is 5.92 Å². The third-order valence-electron chi connectivity index (χ3n) is 3.73. The summed E-state index contributed by atoms with van der Waals surface area (Å²) >= 11 is 0. The van der Waals surface area contributed by atoms with Gasteiger partial charge in [0.2, 0.25) is 5.91 Å². The van der Waals surface area contributed by atoms with E-state index in [1.807, 2.05) is 11.8 Å². The molecule has 1 heterocycles. The van der Waals surface area contributed by atoms with Crippen LogP contribution in [0.15, 0.2) is 0 Å². The molecule has 0 N–H and O–H groups in total. The monoisotopic (exact) mass is 239 g/mol. The van der Waals surface area contributed by atoms with E-state index in [4.69, 9.17) is 4.74 Å². The lowest BCUT2D eigenvalue weighted by atomic mass is 9.79. The van der Waals surface area contributed by atoms with Crippen molar-refractivity contribution in [1.29, 1.82) is 0 Å². The second-order valence-corrected chi connectivity index (χ2v) is 5.04. The molecule has 1 aliphatic heterocycles. The Bertz CT molecular complexity index is 287. The van der Waals surface area contributed by atoms with E-state index in [0.29, 0.717) is 44.4 Å². The van der Waals surface area contributed by atoms with Crippen molar-refractivity contribution in [3.8, 4) is 0 Å². The van der Waals surface area contributed by atoms with Crippen molar-refractivity contribution < 1.29 is 14.3 Å². The minimum Gasteiger partial charge on any atom is -0.378 e. The maximum absolute atomic E-state index is 11.9. The Kier molecular flexibility index (Phi) is 4.15. The standard InChI is InChI=1S/C13H21NO3/c1-2-17-12-7-10(8-12)9-13(16)14-5-3-11(15)4-6-14/h10,12H,2-9H2,1H3. The fourth-order valence-corrected chi connectivity index (χ4v) is 2.59. The molecule has 0 aromatic carbocycles. The molecule has 0 atom stereocenters. The molecule has 4 nitrogen and oxygen atoms in total. The quantitative estimate of drug-likeness (QED) is 0.744. The van der Waals surface area contributed by atoms with Gasteiger partial charge in [-0.3, -0.25) is 9.59 Å². The van der Waals surface area contributed by atoms with Crippen LogP contribution in [0.2, 0.25) is 0 Å². The largest absolute Gasteiger partial charge is 0.378 e. The predicted molar refractivity (Wildman–Crippen MR) is 63.6 cm³/mol. The van der Waals surface area contributed by atoms with E-state index in [0.717, 1.165) is 19.4 Å². The van der Waals surface area contributed by atoms with Crippen LogP contribution in [0, 0.1) is 5.92 Å². The molecule has 2 fully saturated rings. The lowest BCUT2D eigenvalue weighted by Crippen LogP contribution is -2.41. The first-order valence-electron chi connectivity index (χ1n) is 6.60. The van der Waals surface area contributed by atoms with Gasteiger partial charge in [-0.15, -0.1) is 0 Å². The van der Waals surface area contributed by atoms with Gasteiger partial charge in [0.05, 0.1) is 6.10 Å². The Morgan fingerprint density at radius 1 is 1.35 bits per heavy atom. The second-order valence-electron chi connectivity index (χ2n) is 5.04. The molecule has 1 aliphatic carbocycles. The molecule has 1 saturated heterocycles. The van der Waals surface area contributed by atoms with Gasteiger partial charge in [-0.25, -0.2) is 0 Å². The summed E-state index contributed by atoms with van der Waals surface area (Å²) in [5, 5.41) is 0. The minimum atomic E-state index is 0.220. The lowest BCUT2D eigenvalue weighted by Gasteiger charge is -2.36. The molecule has 2 rings (SSSR count). The highest BCUT2D eigenvalue weighted by Crippen LogP contribution is 2.33. The molecule has 0 radical (unpaired) electrons. The number of ketones is 1. The molecule has 0 unspecified atom stereocenters. The van der Waals surface area contributed by atoms with Gasteiger partial charge in [-0.2, -0.15) is 0 Å². The smallest absolute Gasteiger partial charge is 0.222 e. The molecule has 4 heteroatoms. The average molecular weight is 239 g/mol. The van der Waals surface area contributed by atoms with Gasteiger partial charge in [0, 0.05) is 39.0 Å². The Morgan fingerprint density at radius 2 is 2.00 bits per heavy atom. The van der Waals surface area contributed by atoms with Crippen LogP contribution in [0.1, 0.15) is 39.0 Å². The summed E-state index contributed by atoms with van der Waals surface area (Å²) in [6, 6.07) is 0. The van der Waals surface area contributed by atoms with Gasteiger partial charge in [0.25, 0.3) is 0 Å². The van der Waals surface area contributed by atoms with Gasteiger partial charge >= 0.3 is 0 Å². The van der Waals surface area contributed by atoms with Crippen LogP contribution in [0.5, 0.6) is 0 Å². The van der Waals surface area contributed by atoms with Gasteiger partial charge in [0.1, 0.15) is 5.78 Å². The number of ether oxygens (including phenoxy) is 1. The van der Waals surface area contributed by atoms with Crippen molar-refractivity contribution in [1.82, 2.24) is 4.90 Å². The molecule has 0 aromatic heterocycles. The third-order valence-corrected chi connectivity index (χ3v) is 3.73. The van der Waals surface area contributed by atoms with Crippen LogP contribution >= 0.6 is 0 Å². The van der Waals surface area contributed by atoms with Crippen molar-refractivity contribution >= 4 is 11.7 Å². The number of Topliss-reactive ketones (excluding diaryl/α,β-unsaturated/α-hetero) is 1. The Hall–Kier alpha value is -0.900. The number of hydrogen-bond acceptors (Lipinski definition) is 3. The van der Waals surface area contributed by atoms with Crippen molar-refractivity contribution in [3.63, 3.8) is 0 Å². The molecule has 1 amide bonds. The Morgan fingerprint density at radius 3 is 2.59 bits per heavy atom. The van der Waals surface area contributed by atoms with Crippen molar-refractivity contribution in [2.75, 3.05) is 19.7 Å². The molecular formula is C13H21NO3. The number of hydrogen-bond donors (Lipinski definition) is 0. The van der Waals surface area contributed by atoms with Gasteiger partial charge in [-0.1, -0.05) is 0 Å². The van der Waals surface area contributed by atoms with Crippen molar-refractivity contribution in [2.45, 2.75) is 45.1 Å². The number of nitrogens with zero attached hydrogens (tertiary/aromatic N) is 1. The van der Waals surface area contributed by atoms with E-state index in [-0.39, 0.29) is 11.7 Å². The van der Waals surface area contributed by atoms with Gasteiger partial charge < -0.3 is 9.64 Å². The fourth-order valence-electron chi connectivity index (χ4n) is 2.59. The summed E-state index contributed by atoms with van der Waals surface area (Å²) in [7, 11) is 0. The van der Waals surface area contributed by atoms with E-state index in [1.165, 1.54) is 0 Å². The predicted octanol–water partition coefficient (Wildman–Crippen LogP) is 1.38. The lowest BCUT2D eigenvalue weighted by molar-refractivity contribution is -0.137. The van der Waals surface area contributed by atoms with E-state index in [1.54, 1.807) is 0 Å². The SMILES string of the molecule is CCOC1CC(CC(=O)N2CCC(=O)CC2)C1. The zero-order chi connectivity index (χ0) is 12.3. The highest BCUT2D eigenvalue weighted by molar-refractivity contribution is 5.83. The molecule has 0 aromatic rings. The molecule has 2 aliphatic rings. The second kappa shape index (κ2) is 5.63. The zero-order valence-electron chi connectivity index (χ0n) is 10.5. The van der Waals surface area contributed by atoms with Crippen LogP contribution < -0.4 is 0 Å². The minimum absolute atomic E-state index is 0.220. The summed E-state index contributed by atoms with van der Waals surface area (Å²) in [6.07, 6.45) is 4.13. The van der Waals surface area contributed by atoms with Crippen molar-refractivity contribution in [3.05, 3.63) is 0 Å². The maximum atomic E-state index is 11.9. The molecular weight excluding hydrogens is 218 g/mol. The topological polar surface area (TPSA) is 46.6 Å². The summed E-state index contributed by atoms with van der Waals surface area (Å²) in [4.78, 5) is 24.9. The number of carbonyl (C=O) groups excluding carboxylic acids is 2. The summed E-state index contributed by atoms with van der Waals surface area (Å²) in [5.74, 6) is 1.00. The van der Waals surface area contributed by atoms with E-state index >= 15 is 0 Å². The number of carbonyl (C=O) groups is 2. The first-order valence-corrected chi connectivity index (χ1v) is 6.60. The van der Waals surface area contributed by atoms with Crippen LogP contribution in [0.25, 0.3) is 0 Å². The Balaban J connectivity index is 1.66. The van der Waals surface area contributed by atoms with E-state index in [2.05, 4.69) is 0 Å². The fraction of sp³-hybridized carbons (Fsp3) is 0.846. The molecule has 0 spiro atoms. The number of likely N-dealkylation sites (tertiary alicyclic amines) is 1. The van der Waals surface area contributed by atoms with Crippen LogP contribution in [-0.2, 0) is 14.3 Å². The summed E-state index contributed by atoms with van der Waals surface area (Å²) in [5.41, 5.74) is 0. The van der Waals surface area contributed by atoms with Crippen LogP contribution in [0.3, 0.4) is 0 Å². The van der Waals surface area contributed by atoms with Gasteiger partial charge in [0.15, 0.2) is 0 Å². The molecule has 17 heavy (non-hydrogen) atoms. The third kappa shape index (κ3) is 3.28.